The van der Waals surface area contributed by atoms with Gasteiger partial charge in [0.25, 0.3) is 0 Å². The van der Waals surface area contributed by atoms with Gasteiger partial charge >= 0.3 is 6.03 Å². The van der Waals surface area contributed by atoms with Crippen molar-refractivity contribution < 1.29 is 9.90 Å². The number of aliphatic hydroxyl groups excluding tert-OH is 1. The van der Waals surface area contributed by atoms with Gasteiger partial charge in [-0.15, -0.1) is 0 Å². The van der Waals surface area contributed by atoms with Gasteiger partial charge in [0.1, 0.15) is 6.61 Å². The fourth-order valence-corrected chi connectivity index (χ4v) is 2.51. The van der Waals surface area contributed by atoms with Gasteiger partial charge in [-0.25, -0.2) is 4.79 Å². The molecule has 1 aliphatic carbocycles. The fraction of sp³-hybridized carbons (Fsp3) is 0.471. The maximum atomic E-state index is 11.8. The van der Waals surface area contributed by atoms with Crippen molar-refractivity contribution >= 4 is 6.03 Å². The average Bonchev–Trinajstić information content (AvgIpc) is 2.53. The van der Waals surface area contributed by atoms with E-state index in [4.69, 9.17) is 5.11 Å². The second-order valence-corrected chi connectivity index (χ2v) is 5.32. The van der Waals surface area contributed by atoms with E-state index in [0.29, 0.717) is 12.6 Å². The normalized spacial score (nSPS) is 14.9. The summed E-state index contributed by atoms with van der Waals surface area (Å²) in [5.74, 6) is 5.45. The highest BCUT2D eigenvalue weighted by Crippen LogP contribution is 2.17. The molecule has 2 rings (SSSR count). The maximum Gasteiger partial charge on any atom is 0.315 e. The van der Waals surface area contributed by atoms with E-state index < -0.39 is 0 Å². The standard InChI is InChI=1S/C17H22N2O2/c20-12-4-5-14-8-10-15(11-9-14)13-18-17(21)19-16-6-2-1-3-7-16/h8-11,16,20H,1-3,6-7,12-13H2,(H2,18,19,21). The van der Waals surface area contributed by atoms with Crippen LogP contribution in [0.1, 0.15) is 43.2 Å². The molecule has 0 aromatic heterocycles. The topological polar surface area (TPSA) is 61.4 Å². The summed E-state index contributed by atoms with van der Waals surface area (Å²) in [5.41, 5.74) is 1.89. The zero-order valence-electron chi connectivity index (χ0n) is 12.2. The number of hydrogen-bond acceptors (Lipinski definition) is 2. The molecule has 0 radical (unpaired) electrons. The Morgan fingerprint density at radius 1 is 1.19 bits per heavy atom. The van der Waals surface area contributed by atoms with Crippen molar-refractivity contribution in [1.29, 1.82) is 0 Å². The van der Waals surface area contributed by atoms with E-state index in [0.717, 1.165) is 24.0 Å². The van der Waals surface area contributed by atoms with E-state index in [9.17, 15) is 4.79 Å². The van der Waals surface area contributed by atoms with E-state index in [-0.39, 0.29) is 12.6 Å². The molecule has 0 bridgehead atoms. The number of nitrogens with one attached hydrogen (secondary N) is 2. The molecule has 112 valence electrons. The van der Waals surface area contributed by atoms with Crippen LogP contribution in [0.5, 0.6) is 0 Å². The molecule has 1 aromatic rings. The Balaban J connectivity index is 1.75. The zero-order chi connectivity index (χ0) is 14.9. The molecule has 2 amide bonds. The molecule has 0 saturated heterocycles. The second kappa shape index (κ2) is 8.33. The van der Waals surface area contributed by atoms with E-state index in [2.05, 4.69) is 22.5 Å². The van der Waals surface area contributed by atoms with Crippen LogP contribution in [0.15, 0.2) is 24.3 Å². The van der Waals surface area contributed by atoms with Crippen molar-refractivity contribution in [3.63, 3.8) is 0 Å². The minimum absolute atomic E-state index is 0.0916. The number of aliphatic hydroxyl groups is 1. The summed E-state index contributed by atoms with van der Waals surface area (Å²) < 4.78 is 0. The average molecular weight is 286 g/mol. The lowest BCUT2D eigenvalue weighted by Crippen LogP contribution is -2.42. The Morgan fingerprint density at radius 2 is 1.90 bits per heavy atom. The third kappa shape index (κ3) is 5.49. The molecule has 1 aromatic carbocycles. The first-order chi connectivity index (χ1) is 10.3. The highest BCUT2D eigenvalue weighted by atomic mass is 16.2. The van der Waals surface area contributed by atoms with Gasteiger partial charge in [-0.05, 0) is 30.5 Å². The van der Waals surface area contributed by atoms with Crippen LogP contribution < -0.4 is 10.6 Å². The first-order valence-corrected chi connectivity index (χ1v) is 7.51. The molecule has 0 aliphatic heterocycles. The first kappa shape index (κ1) is 15.4. The lowest BCUT2D eigenvalue weighted by molar-refractivity contribution is 0.232. The van der Waals surface area contributed by atoms with Crippen LogP contribution in [0.3, 0.4) is 0 Å². The van der Waals surface area contributed by atoms with Gasteiger partial charge in [-0.1, -0.05) is 43.2 Å². The minimum Gasteiger partial charge on any atom is -0.384 e. The summed E-state index contributed by atoms with van der Waals surface area (Å²) in [4.78, 5) is 11.8. The number of amides is 2. The quantitative estimate of drug-likeness (QED) is 0.746. The predicted octanol–water partition coefficient (Wildman–Crippen LogP) is 2.16. The van der Waals surface area contributed by atoms with E-state index in [1.54, 1.807) is 0 Å². The van der Waals surface area contributed by atoms with Crippen molar-refractivity contribution in [2.24, 2.45) is 0 Å². The molecule has 0 spiro atoms. The van der Waals surface area contributed by atoms with Gasteiger partial charge in [0.2, 0.25) is 0 Å². The summed E-state index contributed by atoms with van der Waals surface area (Å²) in [7, 11) is 0. The van der Waals surface area contributed by atoms with Gasteiger partial charge in [-0.3, -0.25) is 0 Å². The summed E-state index contributed by atoms with van der Waals surface area (Å²) >= 11 is 0. The van der Waals surface area contributed by atoms with Crippen LogP contribution in [-0.2, 0) is 6.54 Å². The number of benzene rings is 1. The van der Waals surface area contributed by atoms with Crippen LogP contribution in [0.25, 0.3) is 0 Å². The van der Waals surface area contributed by atoms with Crippen molar-refractivity contribution in [1.82, 2.24) is 10.6 Å². The summed E-state index contributed by atoms with van der Waals surface area (Å²) in [6.07, 6.45) is 5.88. The SMILES string of the molecule is O=C(NCc1ccc(C#CCO)cc1)NC1CCCCC1. The Bertz CT molecular complexity index is 508. The molecular formula is C17H22N2O2. The molecule has 3 N–H and O–H groups in total. The number of urea groups is 1. The number of rotatable bonds is 3. The van der Waals surface area contributed by atoms with Gasteiger partial charge in [0.05, 0.1) is 0 Å². The summed E-state index contributed by atoms with van der Waals surface area (Å²) in [6.45, 7) is 0.372. The van der Waals surface area contributed by atoms with Crippen LogP contribution in [-0.4, -0.2) is 23.8 Å². The lowest BCUT2D eigenvalue weighted by Gasteiger charge is -2.22. The Hall–Kier alpha value is -1.99. The van der Waals surface area contributed by atoms with Crippen LogP contribution >= 0.6 is 0 Å². The molecule has 1 fully saturated rings. The van der Waals surface area contributed by atoms with Crippen molar-refractivity contribution in [2.45, 2.75) is 44.7 Å². The molecule has 0 atom stereocenters. The molecule has 0 heterocycles. The first-order valence-electron chi connectivity index (χ1n) is 7.51. The van der Waals surface area contributed by atoms with Gasteiger partial charge in [-0.2, -0.15) is 0 Å². The van der Waals surface area contributed by atoms with Crippen molar-refractivity contribution in [3.8, 4) is 11.8 Å². The highest BCUT2D eigenvalue weighted by molar-refractivity contribution is 5.74. The third-order valence-corrected chi connectivity index (χ3v) is 3.66. The largest absolute Gasteiger partial charge is 0.384 e. The van der Waals surface area contributed by atoms with Crippen LogP contribution in [0.4, 0.5) is 4.79 Å². The second-order valence-electron chi connectivity index (χ2n) is 5.32. The number of hydrogen-bond donors (Lipinski definition) is 3. The summed E-state index contributed by atoms with van der Waals surface area (Å²) in [5, 5.41) is 14.5. The Labute approximate surface area is 125 Å². The molecule has 21 heavy (non-hydrogen) atoms. The van der Waals surface area contributed by atoms with Gasteiger partial charge < -0.3 is 15.7 Å². The molecule has 0 unspecified atom stereocenters. The van der Waals surface area contributed by atoms with E-state index in [1.807, 2.05) is 24.3 Å². The minimum atomic E-state index is -0.134. The summed E-state index contributed by atoms with van der Waals surface area (Å²) in [6, 6.07) is 7.88. The number of carbonyl (C=O) groups is 1. The van der Waals surface area contributed by atoms with Crippen LogP contribution in [0, 0.1) is 11.8 Å². The zero-order valence-corrected chi connectivity index (χ0v) is 12.2. The van der Waals surface area contributed by atoms with Gasteiger partial charge in [0.15, 0.2) is 0 Å². The Kier molecular flexibility index (Phi) is 6.11. The highest BCUT2D eigenvalue weighted by Gasteiger charge is 2.15. The molecule has 4 heteroatoms. The lowest BCUT2D eigenvalue weighted by atomic mass is 9.96. The Morgan fingerprint density at radius 3 is 2.57 bits per heavy atom. The van der Waals surface area contributed by atoms with Crippen LogP contribution in [0.2, 0.25) is 0 Å². The predicted molar refractivity (Wildman–Crippen MR) is 82.7 cm³/mol. The molecule has 4 nitrogen and oxygen atoms in total. The maximum absolute atomic E-state index is 11.8. The smallest absolute Gasteiger partial charge is 0.315 e. The van der Waals surface area contributed by atoms with Crippen molar-refractivity contribution in [2.75, 3.05) is 6.61 Å². The van der Waals surface area contributed by atoms with E-state index in [1.165, 1.54) is 19.3 Å². The molecule has 1 aliphatic rings. The van der Waals surface area contributed by atoms with E-state index >= 15 is 0 Å². The number of carbonyl (C=O) groups excluding carboxylic acids is 1. The third-order valence-electron chi connectivity index (χ3n) is 3.66. The van der Waals surface area contributed by atoms with Gasteiger partial charge in [0, 0.05) is 18.2 Å². The monoisotopic (exact) mass is 286 g/mol. The fourth-order valence-electron chi connectivity index (χ4n) is 2.51. The molecule has 1 saturated carbocycles. The van der Waals surface area contributed by atoms with Crippen molar-refractivity contribution in [3.05, 3.63) is 35.4 Å². The molecular weight excluding hydrogens is 264 g/mol.